The van der Waals surface area contributed by atoms with Gasteiger partial charge in [0.25, 0.3) is 5.89 Å². The molecule has 5 nitrogen and oxygen atoms in total. The van der Waals surface area contributed by atoms with Crippen LogP contribution in [0.1, 0.15) is 43.4 Å². The predicted molar refractivity (Wildman–Crippen MR) is 73.6 cm³/mol. The molecule has 3 rings (SSSR count). The Morgan fingerprint density at radius 1 is 1.47 bits per heavy atom. The van der Waals surface area contributed by atoms with Crippen LogP contribution in [0.15, 0.2) is 9.90 Å². The second-order valence-corrected chi connectivity index (χ2v) is 6.59. The number of aromatic nitrogens is 3. The van der Waals surface area contributed by atoms with Gasteiger partial charge in [0, 0.05) is 5.38 Å². The van der Waals surface area contributed by atoms with Crippen LogP contribution >= 0.6 is 11.3 Å². The van der Waals surface area contributed by atoms with Crippen molar-refractivity contribution >= 4 is 11.3 Å². The van der Waals surface area contributed by atoms with Gasteiger partial charge < -0.3 is 10.3 Å². The van der Waals surface area contributed by atoms with Gasteiger partial charge in [-0.15, -0.1) is 11.3 Å². The highest BCUT2D eigenvalue weighted by Crippen LogP contribution is 2.37. The Bertz CT molecular complexity index is 579. The van der Waals surface area contributed by atoms with Gasteiger partial charge in [-0.1, -0.05) is 24.9 Å². The highest BCUT2D eigenvalue weighted by molar-refractivity contribution is 7.09. The summed E-state index contributed by atoms with van der Waals surface area (Å²) >= 11 is 1.57. The lowest BCUT2D eigenvalue weighted by molar-refractivity contribution is 0.222. The normalized spacial score (nSPS) is 27.6. The third-order valence-corrected chi connectivity index (χ3v) is 4.52. The van der Waals surface area contributed by atoms with Crippen LogP contribution in [-0.2, 0) is 5.54 Å². The van der Waals surface area contributed by atoms with Crippen LogP contribution in [0.25, 0.3) is 11.6 Å². The molecule has 2 N–H and O–H groups in total. The molecular formula is C13H18N4OS. The van der Waals surface area contributed by atoms with Crippen LogP contribution in [0.4, 0.5) is 0 Å². The van der Waals surface area contributed by atoms with E-state index in [-0.39, 0.29) is 0 Å². The summed E-state index contributed by atoms with van der Waals surface area (Å²) in [6, 6.07) is 0. The van der Waals surface area contributed by atoms with Crippen LogP contribution in [0, 0.1) is 12.8 Å². The van der Waals surface area contributed by atoms with Crippen molar-refractivity contribution in [1.29, 1.82) is 0 Å². The highest BCUT2D eigenvalue weighted by atomic mass is 32.1. The summed E-state index contributed by atoms with van der Waals surface area (Å²) in [6.07, 6.45) is 4.20. The van der Waals surface area contributed by atoms with E-state index < -0.39 is 5.54 Å². The van der Waals surface area contributed by atoms with Gasteiger partial charge in [0.05, 0.1) is 10.5 Å². The van der Waals surface area contributed by atoms with E-state index in [2.05, 4.69) is 22.0 Å². The molecule has 2 aromatic rings. The monoisotopic (exact) mass is 278 g/mol. The summed E-state index contributed by atoms with van der Waals surface area (Å²) < 4.78 is 5.32. The Morgan fingerprint density at radius 3 is 3.00 bits per heavy atom. The molecule has 0 spiro atoms. The zero-order valence-corrected chi connectivity index (χ0v) is 12.0. The number of thiazole rings is 1. The van der Waals surface area contributed by atoms with E-state index in [4.69, 9.17) is 10.3 Å². The largest absolute Gasteiger partial charge is 0.332 e. The van der Waals surface area contributed by atoms with E-state index in [0.29, 0.717) is 17.6 Å². The highest BCUT2D eigenvalue weighted by Gasteiger charge is 2.37. The van der Waals surface area contributed by atoms with E-state index >= 15 is 0 Å². The topological polar surface area (TPSA) is 77.8 Å². The number of hydrogen-bond acceptors (Lipinski definition) is 6. The maximum absolute atomic E-state index is 6.46. The fraction of sp³-hybridized carbons (Fsp3) is 0.615. The third kappa shape index (κ3) is 2.42. The minimum absolute atomic E-state index is 0.440. The van der Waals surface area contributed by atoms with Crippen LogP contribution < -0.4 is 5.73 Å². The lowest BCUT2D eigenvalue weighted by Crippen LogP contribution is -2.42. The molecular weight excluding hydrogens is 260 g/mol. The Morgan fingerprint density at radius 2 is 2.32 bits per heavy atom. The fourth-order valence-corrected chi connectivity index (χ4v) is 3.37. The van der Waals surface area contributed by atoms with Gasteiger partial charge in [0.2, 0.25) is 0 Å². The number of aryl methyl sites for hydroxylation is 1. The van der Waals surface area contributed by atoms with Gasteiger partial charge >= 0.3 is 0 Å². The van der Waals surface area contributed by atoms with Crippen LogP contribution in [0.3, 0.4) is 0 Å². The number of hydrogen-bond donors (Lipinski definition) is 1. The first-order chi connectivity index (χ1) is 9.07. The molecule has 2 aromatic heterocycles. The molecule has 2 heterocycles. The molecule has 0 aromatic carbocycles. The number of nitrogens with zero attached hydrogens (tertiary/aromatic N) is 3. The van der Waals surface area contributed by atoms with Gasteiger partial charge in [-0.3, -0.25) is 0 Å². The average molecular weight is 278 g/mol. The van der Waals surface area contributed by atoms with E-state index in [0.717, 1.165) is 30.0 Å². The minimum Gasteiger partial charge on any atom is -0.332 e. The summed E-state index contributed by atoms with van der Waals surface area (Å²) in [5.74, 6) is 1.71. The summed E-state index contributed by atoms with van der Waals surface area (Å²) in [5, 5.41) is 7.00. The first-order valence-corrected chi connectivity index (χ1v) is 7.50. The van der Waals surface area contributed by atoms with Crippen molar-refractivity contribution in [3.8, 4) is 11.6 Å². The predicted octanol–water partition coefficient (Wildman–Crippen LogP) is 2.87. The third-order valence-electron chi connectivity index (χ3n) is 3.74. The molecule has 0 aliphatic heterocycles. The van der Waals surface area contributed by atoms with Crippen LogP contribution in [-0.4, -0.2) is 15.1 Å². The molecule has 1 aliphatic carbocycles. The summed E-state index contributed by atoms with van der Waals surface area (Å²) in [4.78, 5) is 8.82. The number of rotatable bonds is 2. The van der Waals surface area contributed by atoms with E-state index in [1.54, 1.807) is 11.3 Å². The fourth-order valence-electron chi connectivity index (χ4n) is 2.79. The lowest BCUT2D eigenvalue weighted by Gasteiger charge is -2.33. The molecule has 102 valence electrons. The molecule has 0 amide bonds. The van der Waals surface area contributed by atoms with Crippen molar-refractivity contribution < 1.29 is 4.52 Å². The van der Waals surface area contributed by atoms with Crippen LogP contribution in [0.2, 0.25) is 0 Å². The molecule has 6 heteroatoms. The first kappa shape index (κ1) is 12.7. The zero-order chi connectivity index (χ0) is 13.5. The van der Waals surface area contributed by atoms with Crippen LogP contribution in [0.5, 0.6) is 0 Å². The van der Waals surface area contributed by atoms with Crippen molar-refractivity contribution in [2.45, 2.75) is 45.1 Å². The quantitative estimate of drug-likeness (QED) is 0.914. The SMILES string of the molecule is Cc1nc(-c2nc(C3(N)CCCC(C)C3)no2)cs1. The molecule has 0 bridgehead atoms. The summed E-state index contributed by atoms with van der Waals surface area (Å²) in [6.45, 7) is 4.18. The van der Waals surface area contributed by atoms with Crippen molar-refractivity contribution in [2.24, 2.45) is 11.7 Å². The molecule has 2 unspecified atom stereocenters. The van der Waals surface area contributed by atoms with Crippen molar-refractivity contribution in [1.82, 2.24) is 15.1 Å². The molecule has 1 saturated carbocycles. The second kappa shape index (κ2) is 4.68. The molecule has 2 atom stereocenters. The van der Waals surface area contributed by atoms with E-state index in [9.17, 15) is 0 Å². The smallest absolute Gasteiger partial charge is 0.277 e. The summed E-state index contributed by atoms with van der Waals surface area (Å²) in [5.41, 5.74) is 6.77. The zero-order valence-electron chi connectivity index (χ0n) is 11.2. The van der Waals surface area contributed by atoms with Crippen molar-refractivity contribution in [3.05, 3.63) is 16.2 Å². The van der Waals surface area contributed by atoms with Gasteiger partial charge in [-0.25, -0.2) is 4.98 Å². The van der Waals surface area contributed by atoms with Gasteiger partial charge in [-0.05, 0) is 25.7 Å². The van der Waals surface area contributed by atoms with Crippen molar-refractivity contribution in [3.63, 3.8) is 0 Å². The minimum atomic E-state index is -0.440. The molecule has 0 radical (unpaired) electrons. The average Bonchev–Trinajstić information content (AvgIpc) is 2.96. The van der Waals surface area contributed by atoms with Crippen molar-refractivity contribution in [2.75, 3.05) is 0 Å². The van der Waals surface area contributed by atoms with Gasteiger partial charge in [0.1, 0.15) is 5.69 Å². The second-order valence-electron chi connectivity index (χ2n) is 5.53. The van der Waals surface area contributed by atoms with E-state index in [1.165, 1.54) is 6.42 Å². The molecule has 1 fully saturated rings. The Balaban J connectivity index is 1.88. The Hall–Kier alpha value is -1.27. The standard InChI is InChI=1S/C13H18N4OS/c1-8-4-3-5-13(14,6-8)12-16-11(18-17-12)10-7-19-9(2)15-10/h7-8H,3-6,14H2,1-2H3. The van der Waals surface area contributed by atoms with E-state index in [1.807, 2.05) is 12.3 Å². The first-order valence-electron chi connectivity index (χ1n) is 6.62. The number of nitrogens with two attached hydrogens (primary N) is 1. The Labute approximate surface area is 116 Å². The molecule has 19 heavy (non-hydrogen) atoms. The Kier molecular flexibility index (Phi) is 3.14. The maximum atomic E-state index is 6.46. The lowest BCUT2D eigenvalue weighted by atomic mass is 9.76. The molecule has 1 aliphatic rings. The summed E-state index contributed by atoms with van der Waals surface area (Å²) in [7, 11) is 0. The molecule has 0 saturated heterocycles. The maximum Gasteiger partial charge on any atom is 0.277 e. The van der Waals surface area contributed by atoms with Gasteiger partial charge in [-0.2, -0.15) is 4.98 Å². The van der Waals surface area contributed by atoms with Gasteiger partial charge in [0.15, 0.2) is 5.82 Å².